The zero-order valence-electron chi connectivity index (χ0n) is 9.95. The lowest BCUT2D eigenvalue weighted by atomic mass is 10.1. The quantitative estimate of drug-likeness (QED) is 0.741. The number of nitrogens with zero attached hydrogens (tertiary/aromatic N) is 2. The molecule has 1 saturated heterocycles. The van der Waals surface area contributed by atoms with Crippen molar-refractivity contribution >= 4 is 5.69 Å². The number of halogens is 1. The molecule has 0 aliphatic carbocycles. The topological polar surface area (TPSA) is 27.0 Å². The van der Waals surface area contributed by atoms with E-state index in [1.165, 1.54) is 31.4 Å². The van der Waals surface area contributed by atoms with Gasteiger partial charge in [-0.05, 0) is 31.0 Å². The van der Waals surface area contributed by atoms with Crippen molar-refractivity contribution in [3.8, 4) is 6.07 Å². The van der Waals surface area contributed by atoms with Gasteiger partial charge in [0, 0.05) is 18.8 Å². The van der Waals surface area contributed by atoms with Crippen LogP contribution in [0.4, 0.5) is 10.1 Å². The second kappa shape index (κ2) is 5.67. The average Bonchev–Trinajstić information content (AvgIpc) is 2.27. The minimum absolute atomic E-state index is 0.318. The molecule has 1 aromatic rings. The molecule has 0 atom stereocenters. The van der Waals surface area contributed by atoms with E-state index < -0.39 is 0 Å². The van der Waals surface area contributed by atoms with Gasteiger partial charge in [-0.3, -0.25) is 0 Å². The van der Waals surface area contributed by atoms with Crippen LogP contribution < -0.4 is 4.90 Å². The summed E-state index contributed by atoms with van der Waals surface area (Å²) >= 11 is 0. The molecule has 0 saturated carbocycles. The summed E-state index contributed by atoms with van der Waals surface area (Å²) in [6.45, 7) is 1.93. The monoisotopic (exact) mass is 232 g/mol. The highest BCUT2D eigenvalue weighted by molar-refractivity contribution is 5.52. The molecule has 90 valence electrons. The predicted octanol–water partition coefficient (Wildman–Crippen LogP) is 3.47. The second-order valence-corrected chi connectivity index (χ2v) is 4.56. The highest BCUT2D eigenvalue weighted by Gasteiger charge is 2.11. The largest absolute Gasteiger partial charge is 0.371 e. The van der Waals surface area contributed by atoms with Crippen LogP contribution in [0.5, 0.6) is 0 Å². The second-order valence-electron chi connectivity index (χ2n) is 4.56. The molecular formula is C14H17FN2. The fourth-order valence-corrected chi connectivity index (χ4v) is 2.33. The SMILES string of the molecule is N#Cc1cc(F)cc(N2CCCCCCC2)c1. The van der Waals surface area contributed by atoms with Crippen molar-refractivity contribution in [2.45, 2.75) is 32.1 Å². The Morgan fingerprint density at radius 3 is 2.29 bits per heavy atom. The van der Waals surface area contributed by atoms with Crippen LogP contribution in [0, 0.1) is 17.1 Å². The van der Waals surface area contributed by atoms with Crippen LogP contribution in [-0.2, 0) is 0 Å². The van der Waals surface area contributed by atoms with Gasteiger partial charge in [0.2, 0.25) is 0 Å². The number of nitriles is 1. The number of rotatable bonds is 1. The molecule has 1 heterocycles. The van der Waals surface area contributed by atoms with Gasteiger partial charge in [-0.2, -0.15) is 5.26 Å². The molecule has 1 aromatic carbocycles. The van der Waals surface area contributed by atoms with Crippen molar-refractivity contribution in [2.24, 2.45) is 0 Å². The molecular weight excluding hydrogens is 215 g/mol. The molecule has 0 N–H and O–H groups in total. The average molecular weight is 232 g/mol. The van der Waals surface area contributed by atoms with E-state index in [2.05, 4.69) is 4.90 Å². The Bertz CT molecular complexity index is 415. The first kappa shape index (κ1) is 11.9. The summed E-state index contributed by atoms with van der Waals surface area (Å²) in [4.78, 5) is 2.20. The molecule has 1 aliphatic rings. The molecule has 2 rings (SSSR count). The molecule has 17 heavy (non-hydrogen) atoms. The van der Waals surface area contributed by atoms with E-state index in [9.17, 15) is 4.39 Å². The van der Waals surface area contributed by atoms with Crippen molar-refractivity contribution in [3.05, 3.63) is 29.6 Å². The molecule has 0 spiro atoms. The fraction of sp³-hybridized carbons (Fsp3) is 0.500. The smallest absolute Gasteiger partial charge is 0.126 e. The van der Waals surface area contributed by atoms with Gasteiger partial charge in [0.05, 0.1) is 11.6 Å². The van der Waals surface area contributed by atoms with Crippen LogP contribution >= 0.6 is 0 Å². The minimum atomic E-state index is -0.318. The first-order valence-corrected chi connectivity index (χ1v) is 6.25. The maximum atomic E-state index is 13.4. The van der Waals surface area contributed by atoms with E-state index in [-0.39, 0.29) is 5.82 Å². The van der Waals surface area contributed by atoms with Gasteiger partial charge in [-0.1, -0.05) is 19.3 Å². The van der Waals surface area contributed by atoms with Gasteiger partial charge < -0.3 is 4.90 Å². The molecule has 0 amide bonds. The maximum Gasteiger partial charge on any atom is 0.126 e. The Kier molecular flexibility index (Phi) is 3.98. The van der Waals surface area contributed by atoms with Gasteiger partial charge in [0.25, 0.3) is 0 Å². The van der Waals surface area contributed by atoms with Crippen molar-refractivity contribution in [1.29, 1.82) is 5.26 Å². The third-order valence-electron chi connectivity index (χ3n) is 3.23. The van der Waals surface area contributed by atoms with Gasteiger partial charge in [0.15, 0.2) is 0 Å². The fourth-order valence-electron chi connectivity index (χ4n) is 2.33. The van der Waals surface area contributed by atoms with Crippen molar-refractivity contribution < 1.29 is 4.39 Å². The van der Waals surface area contributed by atoms with Crippen molar-refractivity contribution in [1.82, 2.24) is 0 Å². The molecule has 1 aliphatic heterocycles. The van der Waals surface area contributed by atoms with Crippen LogP contribution in [-0.4, -0.2) is 13.1 Å². The third kappa shape index (κ3) is 3.20. The van der Waals surface area contributed by atoms with Crippen LogP contribution in [0.2, 0.25) is 0 Å². The number of anilines is 1. The van der Waals surface area contributed by atoms with E-state index in [0.29, 0.717) is 5.56 Å². The Hall–Kier alpha value is -1.56. The van der Waals surface area contributed by atoms with E-state index in [1.807, 2.05) is 6.07 Å². The Morgan fingerprint density at radius 2 is 1.65 bits per heavy atom. The Labute approximate surface area is 102 Å². The summed E-state index contributed by atoms with van der Waals surface area (Å²) in [5, 5.41) is 8.85. The third-order valence-corrected chi connectivity index (χ3v) is 3.23. The summed E-state index contributed by atoms with van der Waals surface area (Å²) in [6, 6.07) is 6.61. The summed E-state index contributed by atoms with van der Waals surface area (Å²) in [6.07, 6.45) is 6.10. The molecule has 0 bridgehead atoms. The van der Waals surface area contributed by atoms with Crippen molar-refractivity contribution in [3.63, 3.8) is 0 Å². The first-order chi connectivity index (χ1) is 8.29. The number of benzene rings is 1. The van der Waals surface area contributed by atoms with E-state index in [4.69, 9.17) is 5.26 Å². The maximum absolute atomic E-state index is 13.4. The van der Waals surface area contributed by atoms with E-state index in [1.54, 1.807) is 6.07 Å². The molecule has 0 unspecified atom stereocenters. The zero-order chi connectivity index (χ0) is 12.1. The first-order valence-electron chi connectivity index (χ1n) is 6.25. The Balaban J connectivity index is 2.19. The summed E-state index contributed by atoms with van der Waals surface area (Å²) < 4.78 is 13.4. The zero-order valence-corrected chi connectivity index (χ0v) is 9.95. The highest BCUT2D eigenvalue weighted by atomic mass is 19.1. The molecule has 1 fully saturated rings. The van der Waals surface area contributed by atoms with E-state index in [0.717, 1.165) is 31.6 Å². The lowest BCUT2D eigenvalue weighted by Gasteiger charge is -2.27. The lowest BCUT2D eigenvalue weighted by Crippen LogP contribution is -2.27. The van der Waals surface area contributed by atoms with Crippen LogP contribution in [0.25, 0.3) is 0 Å². The minimum Gasteiger partial charge on any atom is -0.371 e. The van der Waals surface area contributed by atoms with E-state index >= 15 is 0 Å². The van der Waals surface area contributed by atoms with Gasteiger partial charge >= 0.3 is 0 Å². The van der Waals surface area contributed by atoms with Gasteiger partial charge in [-0.15, -0.1) is 0 Å². The lowest BCUT2D eigenvalue weighted by molar-refractivity contribution is 0.555. The van der Waals surface area contributed by atoms with Crippen LogP contribution in [0.1, 0.15) is 37.7 Å². The highest BCUT2D eigenvalue weighted by Crippen LogP contribution is 2.21. The van der Waals surface area contributed by atoms with Gasteiger partial charge in [0.1, 0.15) is 5.82 Å². The van der Waals surface area contributed by atoms with Crippen molar-refractivity contribution in [2.75, 3.05) is 18.0 Å². The Morgan fingerprint density at radius 1 is 1.00 bits per heavy atom. The van der Waals surface area contributed by atoms with Gasteiger partial charge in [-0.25, -0.2) is 4.39 Å². The molecule has 3 heteroatoms. The predicted molar refractivity (Wildman–Crippen MR) is 66.4 cm³/mol. The summed E-state index contributed by atoms with van der Waals surface area (Å²) in [5.74, 6) is -0.318. The molecule has 0 radical (unpaired) electrons. The van der Waals surface area contributed by atoms with Crippen LogP contribution in [0.3, 0.4) is 0 Å². The standard InChI is InChI=1S/C14H17FN2/c15-13-8-12(11-16)9-14(10-13)17-6-4-2-1-3-5-7-17/h8-10H,1-7H2. The van der Waals surface area contributed by atoms with Crippen LogP contribution in [0.15, 0.2) is 18.2 Å². The number of hydrogen-bond acceptors (Lipinski definition) is 2. The normalized spacial score (nSPS) is 17.1. The molecule has 2 nitrogen and oxygen atoms in total. The number of hydrogen-bond donors (Lipinski definition) is 0. The molecule has 0 aromatic heterocycles. The summed E-state index contributed by atoms with van der Waals surface area (Å²) in [7, 11) is 0. The summed E-state index contributed by atoms with van der Waals surface area (Å²) in [5.41, 5.74) is 1.26.